The first-order valence-electron chi connectivity index (χ1n) is 8.87. The second kappa shape index (κ2) is 8.48. The van der Waals surface area contributed by atoms with Crippen LogP contribution >= 0.6 is 0 Å². The Morgan fingerprint density at radius 2 is 1.77 bits per heavy atom. The molecule has 0 aliphatic rings. The van der Waals surface area contributed by atoms with Crippen LogP contribution in [0.25, 0.3) is 0 Å². The van der Waals surface area contributed by atoms with E-state index in [4.69, 9.17) is 0 Å². The maximum absolute atomic E-state index is 13.7. The van der Waals surface area contributed by atoms with E-state index in [2.05, 4.69) is 0 Å². The van der Waals surface area contributed by atoms with Crippen LogP contribution in [-0.2, 0) is 11.3 Å². The van der Waals surface area contributed by atoms with Gasteiger partial charge < -0.3 is 9.47 Å². The lowest BCUT2D eigenvalue weighted by Gasteiger charge is -2.25. The van der Waals surface area contributed by atoms with Gasteiger partial charge in [0, 0.05) is 25.5 Å². The van der Waals surface area contributed by atoms with Crippen molar-refractivity contribution in [2.24, 2.45) is 0 Å². The molecular weight excluding hydrogens is 327 g/mol. The minimum atomic E-state index is -0.288. The summed E-state index contributed by atoms with van der Waals surface area (Å²) in [7, 11) is 0. The number of carbonyl (C=O) groups excluding carboxylic acids is 1. The van der Waals surface area contributed by atoms with Crippen molar-refractivity contribution in [3.8, 4) is 0 Å². The van der Waals surface area contributed by atoms with Crippen molar-refractivity contribution >= 4 is 5.91 Å². The first-order valence-corrected chi connectivity index (χ1v) is 8.87. The Kier molecular flexibility index (Phi) is 5.84. The van der Waals surface area contributed by atoms with Gasteiger partial charge in [0.1, 0.15) is 5.82 Å². The maximum atomic E-state index is 13.7. The van der Waals surface area contributed by atoms with E-state index in [0.717, 1.165) is 11.1 Å². The summed E-state index contributed by atoms with van der Waals surface area (Å²) in [4.78, 5) is 14.8. The molecule has 0 radical (unpaired) electrons. The zero-order valence-electron chi connectivity index (χ0n) is 14.9. The van der Waals surface area contributed by atoms with E-state index in [0.29, 0.717) is 19.5 Å². The predicted molar refractivity (Wildman–Crippen MR) is 101 cm³/mol. The van der Waals surface area contributed by atoms with Crippen molar-refractivity contribution in [3.63, 3.8) is 0 Å². The van der Waals surface area contributed by atoms with Gasteiger partial charge in [-0.3, -0.25) is 4.79 Å². The lowest BCUT2D eigenvalue weighted by Crippen LogP contribution is -2.32. The van der Waals surface area contributed by atoms with Gasteiger partial charge in [-0.2, -0.15) is 0 Å². The van der Waals surface area contributed by atoms with Crippen LogP contribution in [-0.4, -0.2) is 21.9 Å². The summed E-state index contributed by atoms with van der Waals surface area (Å²) >= 11 is 0. The van der Waals surface area contributed by atoms with Gasteiger partial charge in [-0.05, 0) is 42.3 Å². The third-order valence-corrected chi connectivity index (χ3v) is 4.54. The topological polar surface area (TPSA) is 25.2 Å². The fourth-order valence-corrected chi connectivity index (χ4v) is 3.14. The fourth-order valence-electron chi connectivity index (χ4n) is 3.14. The summed E-state index contributed by atoms with van der Waals surface area (Å²) in [5, 5.41) is 0. The number of benzene rings is 2. The second-order valence-electron chi connectivity index (χ2n) is 6.30. The highest BCUT2D eigenvalue weighted by molar-refractivity contribution is 5.77. The van der Waals surface area contributed by atoms with Crippen LogP contribution in [0.1, 0.15) is 30.5 Å². The van der Waals surface area contributed by atoms with E-state index in [-0.39, 0.29) is 17.8 Å². The van der Waals surface area contributed by atoms with Crippen LogP contribution < -0.4 is 0 Å². The van der Waals surface area contributed by atoms with Gasteiger partial charge in [-0.15, -0.1) is 0 Å². The van der Waals surface area contributed by atoms with Crippen LogP contribution in [0.5, 0.6) is 0 Å². The Morgan fingerprint density at radius 3 is 2.42 bits per heavy atom. The van der Waals surface area contributed by atoms with Crippen molar-refractivity contribution in [1.82, 2.24) is 9.47 Å². The lowest BCUT2D eigenvalue weighted by atomic mass is 10.0. The number of hydrogen-bond donors (Lipinski definition) is 0. The summed E-state index contributed by atoms with van der Waals surface area (Å²) in [5.74, 6) is -0.233. The molecule has 1 amide bonds. The molecule has 0 fully saturated rings. The van der Waals surface area contributed by atoms with E-state index in [1.807, 2.05) is 77.3 Å². The molecule has 1 aromatic heterocycles. The summed E-state index contributed by atoms with van der Waals surface area (Å²) in [6.45, 7) is 3.20. The molecule has 0 saturated heterocycles. The molecule has 0 saturated carbocycles. The molecule has 4 heteroatoms. The van der Waals surface area contributed by atoms with E-state index in [1.54, 1.807) is 6.07 Å². The second-order valence-corrected chi connectivity index (χ2v) is 6.30. The van der Waals surface area contributed by atoms with E-state index >= 15 is 0 Å². The largest absolute Gasteiger partial charge is 0.346 e. The van der Waals surface area contributed by atoms with Gasteiger partial charge in [-0.1, -0.05) is 42.5 Å². The smallest absolute Gasteiger partial charge is 0.225 e. The first-order chi connectivity index (χ1) is 12.7. The third-order valence-electron chi connectivity index (χ3n) is 4.54. The highest BCUT2D eigenvalue weighted by Gasteiger charge is 2.21. The fraction of sp³-hybridized carbons (Fsp3) is 0.227. The van der Waals surface area contributed by atoms with Crippen molar-refractivity contribution in [2.45, 2.75) is 25.9 Å². The SMILES string of the molecule is CCN(Cc1ccccc1)C(=O)CC(c1cccc(F)c1)n1cccc1. The van der Waals surface area contributed by atoms with Crippen LogP contribution in [0.3, 0.4) is 0 Å². The molecule has 3 aromatic rings. The Morgan fingerprint density at radius 1 is 1.04 bits per heavy atom. The van der Waals surface area contributed by atoms with Gasteiger partial charge in [0.15, 0.2) is 0 Å². The molecule has 0 aliphatic heterocycles. The van der Waals surface area contributed by atoms with Crippen molar-refractivity contribution in [1.29, 1.82) is 0 Å². The monoisotopic (exact) mass is 350 g/mol. The molecule has 0 aliphatic carbocycles. The summed E-state index contributed by atoms with van der Waals surface area (Å²) in [6, 6.07) is 20.0. The number of carbonyl (C=O) groups is 1. The van der Waals surface area contributed by atoms with E-state index in [9.17, 15) is 9.18 Å². The molecule has 0 bridgehead atoms. The van der Waals surface area contributed by atoms with Gasteiger partial charge in [-0.25, -0.2) is 4.39 Å². The van der Waals surface area contributed by atoms with Crippen molar-refractivity contribution < 1.29 is 9.18 Å². The quantitative estimate of drug-likeness (QED) is 0.609. The van der Waals surface area contributed by atoms with Gasteiger partial charge in [0.2, 0.25) is 5.91 Å². The molecule has 3 rings (SSSR count). The van der Waals surface area contributed by atoms with Crippen molar-refractivity contribution in [2.75, 3.05) is 6.54 Å². The first kappa shape index (κ1) is 17.9. The number of amides is 1. The minimum Gasteiger partial charge on any atom is -0.346 e. The molecule has 26 heavy (non-hydrogen) atoms. The van der Waals surface area contributed by atoms with Gasteiger partial charge >= 0.3 is 0 Å². The third kappa shape index (κ3) is 4.39. The normalized spacial score (nSPS) is 11.9. The average molecular weight is 350 g/mol. The maximum Gasteiger partial charge on any atom is 0.225 e. The average Bonchev–Trinajstić information content (AvgIpc) is 3.19. The number of halogens is 1. The molecule has 0 N–H and O–H groups in total. The van der Waals surface area contributed by atoms with Crippen LogP contribution in [0.15, 0.2) is 79.1 Å². The van der Waals surface area contributed by atoms with Crippen LogP contribution in [0.2, 0.25) is 0 Å². The Hall–Kier alpha value is -2.88. The molecule has 0 spiro atoms. The Balaban J connectivity index is 1.80. The number of hydrogen-bond acceptors (Lipinski definition) is 1. The van der Waals surface area contributed by atoms with Crippen molar-refractivity contribution in [3.05, 3.63) is 96.1 Å². The summed E-state index contributed by atoms with van der Waals surface area (Å²) in [5.41, 5.74) is 1.90. The molecule has 3 nitrogen and oxygen atoms in total. The standard InChI is InChI=1S/C22H23FN2O/c1-2-24(17-18-9-4-3-5-10-18)22(26)16-21(25-13-6-7-14-25)19-11-8-12-20(23)15-19/h3-15,21H,2,16-17H2,1H3. The van der Waals surface area contributed by atoms with E-state index in [1.165, 1.54) is 12.1 Å². The van der Waals surface area contributed by atoms with Gasteiger partial charge in [0.25, 0.3) is 0 Å². The lowest BCUT2D eigenvalue weighted by molar-refractivity contribution is -0.132. The summed E-state index contributed by atoms with van der Waals surface area (Å²) < 4.78 is 15.7. The Bertz CT molecular complexity index is 830. The predicted octanol–water partition coefficient (Wildman–Crippen LogP) is 4.66. The zero-order chi connectivity index (χ0) is 18.4. The molecule has 1 unspecified atom stereocenters. The summed E-state index contributed by atoms with van der Waals surface area (Å²) in [6.07, 6.45) is 4.12. The van der Waals surface area contributed by atoms with Crippen LogP contribution in [0.4, 0.5) is 4.39 Å². The number of aromatic nitrogens is 1. The molecule has 2 aromatic carbocycles. The molecule has 134 valence electrons. The molecule has 1 atom stereocenters. The zero-order valence-corrected chi connectivity index (χ0v) is 14.9. The minimum absolute atomic E-state index is 0.0549. The van der Waals surface area contributed by atoms with Gasteiger partial charge in [0.05, 0.1) is 12.5 Å². The molecule has 1 heterocycles. The van der Waals surface area contributed by atoms with Crippen LogP contribution in [0, 0.1) is 5.82 Å². The van der Waals surface area contributed by atoms with E-state index < -0.39 is 0 Å². The molecular formula is C22H23FN2O. The highest BCUT2D eigenvalue weighted by Crippen LogP contribution is 2.24. The Labute approximate surface area is 153 Å². The number of nitrogens with zero attached hydrogens (tertiary/aromatic N) is 2. The highest BCUT2D eigenvalue weighted by atomic mass is 19.1. The number of rotatable bonds is 7.